The minimum atomic E-state index is -3.49. The first-order valence-electron chi connectivity index (χ1n) is 5.50. The topological polar surface area (TPSA) is 101 Å². The summed E-state index contributed by atoms with van der Waals surface area (Å²) in [6.45, 7) is 0.920. The van der Waals surface area contributed by atoms with Crippen LogP contribution in [0.25, 0.3) is 0 Å². The molecule has 0 spiro atoms. The Morgan fingerprint density at radius 1 is 1.38 bits per heavy atom. The van der Waals surface area contributed by atoms with Crippen molar-refractivity contribution in [1.82, 2.24) is 10.6 Å². The van der Waals surface area contributed by atoms with Gasteiger partial charge in [0.25, 0.3) is 0 Å². The summed E-state index contributed by atoms with van der Waals surface area (Å²) in [5.74, 6) is -0.351. The quantitative estimate of drug-likeness (QED) is 0.590. The lowest BCUT2D eigenvalue weighted by Crippen LogP contribution is -2.45. The van der Waals surface area contributed by atoms with Crippen LogP contribution in [0.1, 0.15) is 25.7 Å². The van der Waals surface area contributed by atoms with E-state index in [4.69, 9.17) is 5.14 Å². The molecule has 1 heterocycles. The van der Waals surface area contributed by atoms with Gasteiger partial charge in [-0.25, -0.2) is 13.6 Å². The van der Waals surface area contributed by atoms with Crippen LogP contribution in [0, 0.1) is 0 Å². The van der Waals surface area contributed by atoms with Crippen molar-refractivity contribution in [2.75, 3.05) is 18.8 Å². The van der Waals surface area contributed by atoms with Crippen molar-refractivity contribution in [2.24, 2.45) is 5.14 Å². The molecule has 0 aromatic carbocycles. The van der Waals surface area contributed by atoms with Crippen molar-refractivity contribution in [2.45, 2.75) is 31.7 Å². The predicted octanol–water partition coefficient (Wildman–Crippen LogP) is -1.08. The zero-order chi connectivity index (χ0) is 12.0. The summed E-state index contributed by atoms with van der Waals surface area (Å²) < 4.78 is 21.3. The number of primary sulfonamides is 1. The summed E-state index contributed by atoms with van der Waals surface area (Å²) in [5.41, 5.74) is 0. The van der Waals surface area contributed by atoms with Crippen LogP contribution in [0.5, 0.6) is 0 Å². The normalized spacial score (nSPS) is 22.4. The van der Waals surface area contributed by atoms with Crippen molar-refractivity contribution in [3.63, 3.8) is 0 Å². The molecule has 1 rings (SSSR count). The van der Waals surface area contributed by atoms with Crippen molar-refractivity contribution < 1.29 is 13.2 Å². The Morgan fingerprint density at radius 2 is 2.12 bits per heavy atom. The van der Waals surface area contributed by atoms with Crippen molar-refractivity contribution in [3.05, 3.63) is 0 Å². The molecule has 0 aromatic rings. The van der Waals surface area contributed by atoms with Crippen LogP contribution in [-0.2, 0) is 14.8 Å². The molecule has 1 atom stereocenters. The van der Waals surface area contributed by atoms with E-state index in [1.54, 1.807) is 0 Å². The van der Waals surface area contributed by atoms with E-state index in [0.29, 0.717) is 0 Å². The monoisotopic (exact) mass is 249 g/mol. The maximum Gasteiger partial charge on any atom is 0.237 e. The second-order valence-electron chi connectivity index (χ2n) is 4.01. The summed E-state index contributed by atoms with van der Waals surface area (Å²) >= 11 is 0. The molecule has 1 fully saturated rings. The highest BCUT2D eigenvalue weighted by Gasteiger charge is 2.19. The van der Waals surface area contributed by atoms with Crippen molar-refractivity contribution in [1.29, 1.82) is 0 Å². The maximum absolute atomic E-state index is 11.6. The number of carbonyl (C=O) groups excluding carboxylic acids is 1. The van der Waals surface area contributed by atoms with Gasteiger partial charge in [0.05, 0.1) is 11.8 Å². The third-order valence-electron chi connectivity index (χ3n) is 2.56. The SMILES string of the molecule is NS(=O)(=O)CCNC(=O)C1CCCCCN1. The van der Waals surface area contributed by atoms with Gasteiger partial charge in [-0.3, -0.25) is 4.79 Å². The summed E-state index contributed by atoms with van der Waals surface area (Å²) in [6.07, 6.45) is 4.05. The lowest BCUT2D eigenvalue weighted by atomic mass is 10.1. The smallest absolute Gasteiger partial charge is 0.237 e. The summed E-state index contributed by atoms with van der Waals surface area (Å²) in [4.78, 5) is 11.6. The molecule has 0 bridgehead atoms. The predicted molar refractivity (Wildman–Crippen MR) is 61.2 cm³/mol. The van der Waals surface area contributed by atoms with Gasteiger partial charge in [-0.2, -0.15) is 0 Å². The Bertz CT molecular complexity index is 321. The third-order valence-corrected chi connectivity index (χ3v) is 3.34. The second-order valence-corrected chi connectivity index (χ2v) is 5.75. The van der Waals surface area contributed by atoms with Crippen LogP contribution in [0.15, 0.2) is 0 Å². The number of nitrogens with one attached hydrogen (secondary N) is 2. The Kier molecular flexibility index (Phi) is 5.17. The number of hydrogen-bond donors (Lipinski definition) is 3. The van der Waals surface area contributed by atoms with Gasteiger partial charge in [0, 0.05) is 6.54 Å². The van der Waals surface area contributed by atoms with E-state index >= 15 is 0 Å². The summed E-state index contributed by atoms with van der Waals surface area (Å²) in [6, 6.07) is -0.192. The van der Waals surface area contributed by atoms with Gasteiger partial charge in [-0.05, 0) is 19.4 Å². The molecular weight excluding hydrogens is 230 g/mol. The van der Waals surface area contributed by atoms with E-state index in [9.17, 15) is 13.2 Å². The standard InChI is InChI=1S/C9H19N3O3S/c10-16(14,15)7-6-12-9(13)8-4-2-1-3-5-11-8/h8,11H,1-7H2,(H,12,13)(H2,10,14,15). The minimum absolute atomic E-state index is 0.0792. The molecule has 1 saturated heterocycles. The average molecular weight is 249 g/mol. The van der Waals surface area contributed by atoms with Gasteiger partial charge in [0.15, 0.2) is 0 Å². The fourth-order valence-electron chi connectivity index (χ4n) is 1.69. The maximum atomic E-state index is 11.6. The number of hydrogen-bond acceptors (Lipinski definition) is 4. The third kappa shape index (κ3) is 5.43. The van der Waals surface area contributed by atoms with Crippen molar-refractivity contribution in [3.8, 4) is 0 Å². The Hall–Kier alpha value is -0.660. The highest BCUT2D eigenvalue weighted by atomic mass is 32.2. The minimum Gasteiger partial charge on any atom is -0.354 e. The van der Waals surface area contributed by atoms with Gasteiger partial charge in [0.2, 0.25) is 15.9 Å². The molecule has 94 valence electrons. The zero-order valence-corrected chi connectivity index (χ0v) is 10.1. The van der Waals surface area contributed by atoms with Gasteiger partial charge in [-0.15, -0.1) is 0 Å². The fourth-order valence-corrected chi connectivity index (χ4v) is 2.08. The highest BCUT2D eigenvalue weighted by molar-refractivity contribution is 7.89. The molecule has 6 nitrogen and oxygen atoms in total. The lowest BCUT2D eigenvalue weighted by Gasteiger charge is -2.15. The molecule has 0 radical (unpaired) electrons. The first-order chi connectivity index (χ1) is 7.49. The molecule has 1 aliphatic rings. The van der Waals surface area contributed by atoms with E-state index in [1.807, 2.05) is 0 Å². The zero-order valence-electron chi connectivity index (χ0n) is 9.24. The molecule has 0 aromatic heterocycles. The van der Waals surface area contributed by atoms with Crippen molar-refractivity contribution >= 4 is 15.9 Å². The molecule has 0 saturated carbocycles. The summed E-state index contributed by atoms with van der Waals surface area (Å²) in [7, 11) is -3.49. The number of carbonyl (C=O) groups is 1. The fraction of sp³-hybridized carbons (Fsp3) is 0.889. The Morgan fingerprint density at radius 3 is 2.81 bits per heavy atom. The average Bonchev–Trinajstić information content (AvgIpc) is 2.43. The summed E-state index contributed by atoms with van der Waals surface area (Å²) in [5, 5.41) is 10.5. The molecule has 4 N–H and O–H groups in total. The van der Waals surface area contributed by atoms with Crippen LogP contribution in [-0.4, -0.2) is 39.2 Å². The van der Waals surface area contributed by atoms with E-state index < -0.39 is 10.0 Å². The molecule has 1 aliphatic heterocycles. The van der Waals surface area contributed by atoms with E-state index in [1.165, 1.54) is 0 Å². The van der Waals surface area contributed by atoms with Crippen LogP contribution >= 0.6 is 0 Å². The van der Waals surface area contributed by atoms with Gasteiger partial charge in [0.1, 0.15) is 0 Å². The number of amides is 1. The highest BCUT2D eigenvalue weighted by Crippen LogP contribution is 2.08. The molecule has 1 unspecified atom stereocenters. The van der Waals surface area contributed by atoms with Crippen LogP contribution < -0.4 is 15.8 Å². The van der Waals surface area contributed by atoms with Crippen LogP contribution in [0.2, 0.25) is 0 Å². The Balaban J connectivity index is 2.28. The molecule has 16 heavy (non-hydrogen) atoms. The Labute approximate surface area is 96.0 Å². The molecule has 7 heteroatoms. The molecule has 1 amide bonds. The lowest BCUT2D eigenvalue weighted by molar-refractivity contribution is -0.123. The van der Waals surface area contributed by atoms with Gasteiger partial charge in [-0.1, -0.05) is 12.8 Å². The van der Waals surface area contributed by atoms with E-state index in [0.717, 1.165) is 32.2 Å². The van der Waals surface area contributed by atoms with Crippen LogP contribution in [0.3, 0.4) is 0 Å². The second kappa shape index (κ2) is 6.17. The molecular formula is C9H19N3O3S. The molecule has 0 aliphatic carbocycles. The number of nitrogens with two attached hydrogens (primary N) is 1. The van der Waals surface area contributed by atoms with Gasteiger partial charge < -0.3 is 10.6 Å². The first kappa shape index (κ1) is 13.4. The van der Waals surface area contributed by atoms with Gasteiger partial charge >= 0.3 is 0 Å². The van der Waals surface area contributed by atoms with E-state index in [2.05, 4.69) is 10.6 Å². The first-order valence-corrected chi connectivity index (χ1v) is 7.22. The van der Waals surface area contributed by atoms with Crippen LogP contribution in [0.4, 0.5) is 0 Å². The number of sulfonamides is 1. The largest absolute Gasteiger partial charge is 0.354 e. The van der Waals surface area contributed by atoms with E-state index in [-0.39, 0.29) is 24.2 Å². The number of rotatable bonds is 4.